The molecule has 6 rings (SSSR count). The van der Waals surface area contributed by atoms with E-state index in [1.807, 2.05) is 17.0 Å². The Morgan fingerprint density at radius 1 is 1.06 bits per heavy atom. The molecular formula is C26H30FN3O3. The number of urea groups is 1. The fraction of sp³-hybridized carbons (Fsp3) is 0.462. The topological polar surface area (TPSA) is 61.9 Å². The third-order valence-electron chi connectivity index (χ3n) is 7.73. The average molecular weight is 452 g/mol. The number of fused-ring (bicyclic) bond motifs is 4. The molecule has 0 unspecified atom stereocenters. The largest absolute Gasteiger partial charge is 0.465 e. The first-order chi connectivity index (χ1) is 16.0. The van der Waals surface area contributed by atoms with Gasteiger partial charge in [0.05, 0.1) is 18.7 Å². The number of amides is 2. The van der Waals surface area contributed by atoms with Crippen molar-refractivity contribution in [3.8, 4) is 0 Å². The molecule has 2 amide bonds. The highest BCUT2D eigenvalue weighted by Gasteiger charge is 2.40. The third kappa shape index (κ3) is 4.22. The highest BCUT2D eigenvalue weighted by molar-refractivity contribution is 5.89. The van der Waals surface area contributed by atoms with Crippen LogP contribution < -0.4 is 5.32 Å². The molecule has 4 heterocycles. The van der Waals surface area contributed by atoms with Gasteiger partial charge < -0.3 is 19.9 Å². The van der Waals surface area contributed by atoms with Crippen molar-refractivity contribution >= 4 is 12.0 Å². The summed E-state index contributed by atoms with van der Waals surface area (Å²) in [5.41, 5.74) is 3.52. The molecular weight excluding hydrogens is 421 g/mol. The summed E-state index contributed by atoms with van der Waals surface area (Å²) in [4.78, 5) is 29.8. The van der Waals surface area contributed by atoms with E-state index in [1.165, 1.54) is 19.2 Å². The summed E-state index contributed by atoms with van der Waals surface area (Å²) >= 11 is 0. The zero-order valence-electron chi connectivity index (χ0n) is 19.0. The van der Waals surface area contributed by atoms with Crippen LogP contribution in [0.4, 0.5) is 9.18 Å². The van der Waals surface area contributed by atoms with Gasteiger partial charge in [0.15, 0.2) is 0 Å². The SMILES string of the molecule is COC(=O)c1ccc2c(c1)CCN(C(=O)NCC13CCN(CC1)CC3)[C@@H]2c1ccc(F)cc1. The van der Waals surface area contributed by atoms with Crippen LogP contribution in [0.15, 0.2) is 42.5 Å². The number of nitrogens with zero attached hydrogens (tertiary/aromatic N) is 2. The molecule has 0 saturated carbocycles. The van der Waals surface area contributed by atoms with Crippen LogP contribution >= 0.6 is 0 Å². The van der Waals surface area contributed by atoms with Crippen molar-refractivity contribution < 1.29 is 18.7 Å². The number of ether oxygens (including phenoxy) is 1. The zero-order valence-corrected chi connectivity index (χ0v) is 19.0. The van der Waals surface area contributed by atoms with E-state index < -0.39 is 0 Å². The molecule has 4 aliphatic rings. The second-order valence-corrected chi connectivity index (χ2v) is 9.55. The number of benzene rings is 2. The van der Waals surface area contributed by atoms with Crippen molar-refractivity contribution in [1.29, 1.82) is 0 Å². The fourth-order valence-corrected chi connectivity index (χ4v) is 5.62. The maximum atomic E-state index is 13.7. The number of rotatable bonds is 4. The second kappa shape index (κ2) is 8.78. The lowest BCUT2D eigenvalue weighted by Gasteiger charge is -2.48. The van der Waals surface area contributed by atoms with Gasteiger partial charge in [0, 0.05) is 13.1 Å². The summed E-state index contributed by atoms with van der Waals surface area (Å²) in [6.45, 7) is 4.57. The van der Waals surface area contributed by atoms with Gasteiger partial charge in [-0.3, -0.25) is 0 Å². The van der Waals surface area contributed by atoms with E-state index >= 15 is 0 Å². The first kappa shape index (κ1) is 21.9. The van der Waals surface area contributed by atoms with Crippen molar-refractivity contribution in [2.45, 2.75) is 31.7 Å². The molecule has 3 fully saturated rings. The number of carbonyl (C=O) groups excluding carboxylic acids is 2. The lowest BCUT2D eigenvalue weighted by atomic mass is 9.72. The molecule has 3 saturated heterocycles. The minimum Gasteiger partial charge on any atom is -0.465 e. The zero-order chi connectivity index (χ0) is 23.0. The maximum Gasteiger partial charge on any atom is 0.337 e. The van der Waals surface area contributed by atoms with Gasteiger partial charge in [-0.25, -0.2) is 14.0 Å². The lowest BCUT2D eigenvalue weighted by molar-refractivity contribution is 0.0272. The molecule has 174 valence electrons. The number of hydrogen-bond donors (Lipinski definition) is 1. The molecule has 2 bridgehead atoms. The van der Waals surface area contributed by atoms with Crippen LogP contribution in [0.3, 0.4) is 0 Å². The fourth-order valence-electron chi connectivity index (χ4n) is 5.62. The maximum absolute atomic E-state index is 13.7. The van der Waals surface area contributed by atoms with Crippen LogP contribution in [0.5, 0.6) is 0 Å². The summed E-state index contributed by atoms with van der Waals surface area (Å²) in [7, 11) is 1.37. The van der Waals surface area contributed by atoms with Crippen molar-refractivity contribution in [2.24, 2.45) is 5.41 Å². The Kier molecular flexibility index (Phi) is 5.83. The van der Waals surface area contributed by atoms with Gasteiger partial charge in [0.25, 0.3) is 0 Å². The molecule has 0 radical (unpaired) electrons. The van der Waals surface area contributed by atoms with Crippen molar-refractivity contribution in [2.75, 3.05) is 39.8 Å². The van der Waals surface area contributed by atoms with Crippen LogP contribution in [-0.4, -0.2) is 61.6 Å². The Morgan fingerprint density at radius 2 is 1.76 bits per heavy atom. The minimum atomic E-state index is -0.380. The van der Waals surface area contributed by atoms with Crippen LogP contribution in [0, 0.1) is 11.2 Å². The van der Waals surface area contributed by atoms with Crippen LogP contribution in [0.2, 0.25) is 0 Å². The van der Waals surface area contributed by atoms with Crippen LogP contribution in [0.1, 0.15) is 52.4 Å². The molecule has 0 aliphatic carbocycles. The van der Waals surface area contributed by atoms with Crippen molar-refractivity contribution in [3.63, 3.8) is 0 Å². The summed E-state index contributed by atoms with van der Waals surface area (Å²) in [5, 5.41) is 3.24. The molecule has 4 aliphatic heterocycles. The molecule has 2 aromatic rings. The molecule has 0 spiro atoms. The number of nitrogens with one attached hydrogen (secondary N) is 1. The molecule has 7 heteroatoms. The Balaban J connectivity index is 1.41. The summed E-state index contributed by atoms with van der Waals surface area (Å²) in [6.07, 6.45) is 4.04. The summed E-state index contributed by atoms with van der Waals surface area (Å²) in [6, 6.07) is 11.4. The first-order valence-corrected chi connectivity index (χ1v) is 11.7. The number of halogens is 1. The molecule has 6 nitrogen and oxygen atoms in total. The Bertz CT molecular complexity index is 1030. The molecule has 1 N–H and O–H groups in total. The number of methoxy groups -OCH3 is 1. The monoisotopic (exact) mass is 451 g/mol. The molecule has 2 aromatic carbocycles. The van der Waals surface area contributed by atoms with Gasteiger partial charge in [-0.2, -0.15) is 0 Å². The van der Waals surface area contributed by atoms with Crippen LogP contribution in [-0.2, 0) is 11.2 Å². The normalized spacial score (nSPS) is 25.9. The number of piperidine rings is 3. The van der Waals surface area contributed by atoms with Gasteiger partial charge in [0.2, 0.25) is 0 Å². The van der Waals surface area contributed by atoms with E-state index in [2.05, 4.69) is 10.2 Å². The van der Waals surface area contributed by atoms with Gasteiger partial charge >= 0.3 is 12.0 Å². The number of hydrogen-bond acceptors (Lipinski definition) is 4. The van der Waals surface area contributed by atoms with E-state index in [1.54, 1.807) is 18.2 Å². The quantitative estimate of drug-likeness (QED) is 0.720. The highest BCUT2D eigenvalue weighted by atomic mass is 19.1. The van der Waals surface area contributed by atoms with E-state index in [-0.39, 0.29) is 29.3 Å². The third-order valence-corrected chi connectivity index (χ3v) is 7.73. The van der Waals surface area contributed by atoms with Crippen molar-refractivity contribution in [1.82, 2.24) is 15.1 Å². The van der Waals surface area contributed by atoms with Crippen molar-refractivity contribution in [3.05, 3.63) is 70.5 Å². The molecule has 33 heavy (non-hydrogen) atoms. The van der Waals surface area contributed by atoms with E-state index in [0.29, 0.717) is 25.1 Å². The predicted molar refractivity (Wildman–Crippen MR) is 123 cm³/mol. The predicted octanol–water partition coefficient (Wildman–Crippen LogP) is 3.76. The smallest absolute Gasteiger partial charge is 0.337 e. The lowest BCUT2D eigenvalue weighted by Crippen LogP contribution is -2.54. The second-order valence-electron chi connectivity index (χ2n) is 9.55. The van der Waals surface area contributed by atoms with Gasteiger partial charge in [0.1, 0.15) is 5.82 Å². The van der Waals surface area contributed by atoms with Gasteiger partial charge in [-0.1, -0.05) is 18.2 Å². The number of esters is 1. The Hall–Kier alpha value is -2.93. The molecule has 0 aromatic heterocycles. The first-order valence-electron chi connectivity index (χ1n) is 11.7. The number of carbonyl (C=O) groups is 2. The van der Waals surface area contributed by atoms with Gasteiger partial charge in [-0.15, -0.1) is 0 Å². The summed E-state index contributed by atoms with van der Waals surface area (Å²) < 4.78 is 18.5. The van der Waals surface area contributed by atoms with Crippen LogP contribution in [0.25, 0.3) is 0 Å². The molecule has 1 atom stereocenters. The minimum absolute atomic E-state index is 0.0885. The standard InChI is InChI=1S/C26H30FN3O3/c1-33-24(31)20-4-7-22-19(16-20)8-12-30(23(22)18-2-5-21(27)6-3-18)25(32)28-17-26-9-13-29(14-10-26)15-11-26/h2-7,16,23H,8-15,17H2,1H3,(H,28,32)/t23-/m1/s1. The van der Waals surface area contributed by atoms with E-state index in [4.69, 9.17) is 4.74 Å². The van der Waals surface area contributed by atoms with Gasteiger partial charge in [-0.05, 0) is 91.7 Å². The Morgan fingerprint density at radius 3 is 2.42 bits per heavy atom. The Labute approximate surface area is 193 Å². The summed E-state index contributed by atoms with van der Waals surface area (Å²) in [5.74, 6) is -0.691. The van der Waals surface area contributed by atoms with E-state index in [0.717, 1.165) is 55.6 Å². The average Bonchev–Trinajstić information content (AvgIpc) is 2.87. The van der Waals surface area contributed by atoms with E-state index in [9.17, 15) is 14.0 Å². The highest BCUT2D eigenvalue weighted by Crippen LogP contribution is 2.40.